The van der Waals surface area contributed by atoms with Gasteiger partial charge in [0.15, 0.2) is 11.5 Å². The van der Waals surface area contributed by atoms with Gasteiger partial charge in [-0.25, -0.2) is 8.42 Å². The number of halogens is 1. The van der Waals surface area contributed by atoms with Crippen LogP contribution in [-0.4, -0.2) is 40.8 Å². The number of sulfonamides is 1. The fourth-order valence-electron chi connectivity index (χ4n) is 2.93. The van der Waals surface area contributed by atoms with Gasteiger partial charge in [-0.15, -0.1) is 0 Å². The number of aryl methyl sites for hydroxylation is 1. The van der Waals surface area contributed by atoms with Gasteiger partial charge in [0.1, 0.15) is 6.04 Å². The second kappa shape index (κ2) is 9.37. The number of nitrogens with zero attached hydrogens (tertiary/aromatic N) is 1. The summed E-state index contributed by atoms with van der Waals surface area (Å²) < 4.78 is 36.4. The molecule has 0 saturated heterocycles. The Balaban J connectivity index is 2.23. The van der Waals surface area contributed by atoms with Gasteiger partial charge in [-0.1, -0.05) is 23.7 Å². The van der Waals surface area contributed by atoms with E-state index in [4.69, 9.17) is 21.1 Å². The first-order valence-electron chi connectivity index (χ1n) is 8.82. The number of anilines is 1. The van der Waals surface area contributed by atoms with Gasteiger partial charge in [0.05, 0.1) is 26.2 Å². The van der Waals surface area contributed by atoms with Crippen LogP contribution < -0.4 is 19.1 Å². The van der Waals surface area contributed by atoms with Crippen molar-refractivity contribution in [2.24, 2.45) is 0 Å². The fraction of sp³-hybridized carbons (Fsp3) is 0.350. The Bertz CT molecular complexity index is 994. The molecule has 0 heterocycles. The molecule has 2 aromatic rings. The number of benzene rings is 2. The summed E-state index contributed by atoms with van der Waals surface area (Å²) in [6, 6.07) is 9.23. The summed E-state index contributed by atoms with van der Waals surface area (Å²) >= 11 is 6.05. The lowest BCUT2D eigenvalue weighted by atomic mass is 10.1. The van der Waals surface area contributed by atoms with Crippen LogP contribution in [0.1, 0.15) is 18.1 Å². The van der Waals surface area contributed by atoms with Crippen LogP contribution in [0.25, 0.3) is 0 Å². The number of carbonyl (C=O) groups excluding carboxylic acids is 1. The molecule has 0 bridgehead atoms. The van der Waals surface area contributed by atoms with Crippen LogP contribution >= 0.6 is 11.6 Å². The predicted octanol–water partition coefficient (Wildman–Crippen LogP) is 3.14. The molecule has 0 unspecified atom stereocenters. The monoisotopic (exact) mass is 440 g/mol. The smallest absolute Gasteiger partial charge is 0.243 e. The summed E-state index contributed by atoms with van der Waals surface area (Å²) in [5, 5.41) is 3.16. The lowest BCUT2D eigenvalue weighted by Crippen LogP contribution is -2.48. The maximum Gasteiger partial charge on any atom is 0.243 e. The lowest BCUT2D eigenvalue weighted by molar-refractivity contribution is -0.122. The van der Waals surface area contributed by atoms with Crippen LogP contribution in [0.5, 0.6) is 11.5 Å². The van der Waals surface area contributed by atoms with E-state index in [1.165, 1.54) is 20.1 Å². The minimum atomic E-state index is -3.73. The van der Waals surface area contributed by atoms with Crippen molar-refractivity contribution in [1.82, 2.24) is 5.32 Å². The number of carbonyl (C=O) groups is 1. The van der Waals surface area contributed by atoms with Gasteiger partial charge in [-0.05, 0) is 49.2 Å². The summed E-state index contributed by atoms with van der Waals surface area (Å²) in [7, 11) is -0.659. The lowest BCUT2D eigenvalue weighted by Gasteiger charge is -2.29. The summed E-state index contributed by atoms with van der Waals surface area (Å²) in [6.07, 6.45) is 1.06. The van der Waals surface area contributed by atoms with Crippen molar-refractivity contribution in [1.29, 1.82) is 0 Å². The minimum Gasteiger partial charge on any atom is -0.493 e. The quantitative estimate of drug-likeness (QED) is 0.681. The molecule has 29 heavy (non-hydrogen) atoms. The molecule has 0 spiro atoms. The molecule has 0 saturated carbocycles. The molecule has 0 aliphatic heterocycles. The molecular weight excluding hydrogens is 416 g/mol. The third kappa shape index (κ3) is 5.55. The van der Waals surface area contributed by atoms with Crippen molar-refractivity contribution in [2.45, 2.75) is 26.4 Å². The maximum absolute atomic E-state index is 12.7. The van der Waals surface area contributed by atoms with Crippen molar-refractivity contribution < 1.29 is 22.7 Å². The van der Waals surface area contributed by atoms with E-state index in [9.17, 15) is 13.2 Å². The van der Waals surface area contributed by atoms with E-state index in [0.717, 1.165) is 16.1 Å². The first-order valence-corrected chi connectivity index (χ1v) is 11.0. The van der Waals surface area contributed by atoms with Crippen LogP contribution in [0, 0.1) is 6.92 Å². The van der Waals surface area contributed by atoms with Crippen LogP contribution in [0.2, 0.25) is 5.02 Å². The summed E-state index contributed by atoms with van der Waals surface area (Å²) in [5.41, 5.74) is 1.85. The van der Waals surface area contributed by atoms with E-state index in [1.807, 2.05) is 0 Å². The molecule has 1 atom stereocenters. The standard InChI is InChI=1S/C20H25ClN2O5S/c1-13-6-8-16(21)11-17(13)23(29(5,25)26)14(2)20(24)22-12-15-7-9-18(27-3)19(10-15)28-4/h6-11,14H,12H2,1-5H3,(H,22,24)/t14-/m0/s1. The third-order valence-electron chi connectivity index (χ3n) is 4.41. The van der Waals surface area contributed by atoms with Gasteiger partial charge in [0, 0.05) is 11.6 Å². The average molecular weight is 441 g/mol. The molecule has 2 aromatic carbocycles. The number of amides is 1. The molecule has 1 amide bonds. The molecular formula is C20H25ClN2O5S. The van der Waals surface area contributed by atoms with Gasteiger partial charge in [0.2, 0.25) is 15.9 Å². The minimum absolute atomic E-state index is 0.204. The molecule has 0 aliphatic rings. The van der Waals surface area contributed by atoms with E-state index in [-0.39, 0.29) is 6.54 Å². The van der Waals surface area contributed by atoms with E-state index in [0.29, 0.717) is 27.8 Å². The number of nitrogens with one attached hydrogen (secondary N) is 1. The Morgan fingerprint density at radius 3 is 2.38 bits per heavy atom. The zero-order valence-electron chi connectivity index (χ0n) is 17.0. The van der Waals surface area contributed by atoms with Crippen molar-refractivity contribution in [3.63, 3.8) is 0 Å². The molecule has 0 radical (unpaired) electrons. The number of hydrogen-bond acceptors (Lipinski definition) is 5. The Kier molecular flexibility index (Phi) is 7.37. The largest absolute Gasteiger partial charge is 0.493 e. The van der Waals surface area contributed by atoms with Gasteiger partial charge in [-0.2, -0.15) is 0 Å². The van der Waals surface area contributed by atoms with Crippen molar-refractivity contribution in [3.05, 3.63) is 52.5 Å². The maximum atomic E-state index is 12.7. The van der Waals surface area contributed by atoms with Crippen molar-refractivity contribution in [3.8, 4) is 11.5 Å². The van der Waals surface area contributed by atoms with Crippen LogP contribution in [0.15, 0.2) is 36.4 Å². The summed E-state index contributed by atoms with van der Waals surface area (Å²) in [6.45, 7) is 3.50. The van der Waals surface area contributed by atoms with E-state index < -0.39 is 22.0 Å². The Morgan fingerprint density at radius 1 is 1.14 bits per heavy atom. The molecule has 1 N–H and O–H groups in total. The van der Waals surface area contributed by atoms with Crippen LogP contribution in [0.3, 0.4) is 0 Å². The third-order valence-corrected chi connectivity index (χ3v) is 5.87. The molecule has 158 valence electrons. The van der Waals surface area contributed by atoms with E-state index >= 15 is 0 Å². The molecule has 0 aromatic heterocycles. The highest BCUT2D eigenvalue weighted by atomic mass is 35.5. The molecule has 2 rings (SSSR count). The Hall–Kier alpha value is -2.45. The highest BCUT2D eigenvalue weighted by molar-refractivity contribution is 7.92. The van der Waals surface area contributed by atoms with Gasteiger partial charge in [-0.3, -0.25) is 9.10 Å². The molecule has 9 heteroatoms. The second-order valence-corrected chi connectivity index (χ2v) is 8.87. The topological polar surface area (TPSA) is 84.9 Å². The number of hydrogen-bond donors (Lipinski definition) is 1. The second-order valence-electron chi connectivity index (χ2n) is 6.57. The van der Waals surface area contributed by atoms with E-state index in [1.54, 1.807) is 44.4 Å². The normalized spacial score (nSPS) is 12.2. The van der Waals surface area contributed by atoms with Crippen molar-refractivity contribution in [2.75, 3.05) is 24.8 Å². The SMILES string of the molecule is COc1ccc(CNC(=O)[C@H](C)N(c2cc(Cl)ccc2C)S(C)(=O)=O)cc1OC. The molecule has 0 fully saturated rings. The zero-order valence-corrected chi connectivity index (χ0v) is 18.6. The van der Waals surface area contributed by atoms with Crippen LogP contribution in [0.4, 0.5) is 5.69 Å². The van der Waals surface area contributed by atoms with Gasteiger partial charge < -0.3 is 14.8 Å². The number of rotatable bonds is 8. The highest BCUT2D eigenvalue weighted by Gasteiger charge is 2.30. The Morgan fingerprint density at radius 2 is 1.79 bits per heavy atom. The molecule has 0 aliphatic carbocycles. The van der Waals surface area contributed by atoms with Gasteiger partial charge in [0.25, 0.3) is 0 Å². The zero-order chi connectivity index (χ0) is 21.8. The predicted molar refractivity (Wildman–Crippen MR) is 114 cm³/mol. The number of ether oxygens (including phenoxy) is 2. The summed E-state index contributed by atoms with van der Waals surface area (Å²) in [5.74, 6) is 0.680. The van der Waals surface area contributed by atoms with Gasteiger partial charge >= 0.3 is 0 Å². The summed E-state index contributed by atoms with van der Waals surface area (Å²) in [4.78, 5) is 12.7. The average Bonchev–Trinajstić information content (AvgIpc) is 2.67. The highest BCUT2D eigenvalue weighted by Crippen LogP contribution is 2.29. The fourth-order valence-corrected chi connectivity index (χ4v) is 4.32. The Labute approximate surface area is 176 Å². The first-order chi connectivity index (χ1) is 13.6. The number of methoxy groups -OCH3 is 2. The molecule has 7 nitrogen and oxygen atoms in total. The van der Waals surface area contributed by atoms with Crippen LogP contribution in [-0.2, 0) is 21.4 Å². The first kappa shape index (κ1) is 22.8. The van der Waals surface area contributed by atoms with E-state index in [2.05, 4.69) is 5.32 Å². The van der Waals surface area contributed by atoms with Crippen molar-refractivity contribution >= 4 is 33.2 Å².